The topological polar surface area (TPSA) is 40.7 Å². The molecular weight excluding hydrogens is 234 g/mol. The first-order valence-corrected chi connectivity index (χ1v) is 6.73. The van der Waals surface area contributed by atoms with Crippen molar-refractivity contribution in [2.75, 3.05) is 7.05 Å². The van der Waals surface area contributed by atoms with Gasteiger partial charge in [-0.1, -0.05) is 45.0 Å². The Morgan fingerprint density at radius 3 is 2.32 bits per heavy atom. The minimum atomic E-state index is 0.192. The maximum atomic E-state index is 4.37. The van der Waals surface area contributed by atoms with Gasteiger partial charge in [-0.2, -0.15) is 5.10 Å². The van der Waals surface area contributed by atoms with E-state index in [2.05, 4.69) is 67.5 Å². The summed E-state index contributed by atoms with van der Waals surface area (Å²) in [6.45, 7) is 9.55. The van der Waals surface area contributed by atoms with Gasteiger partial charge in [-0.05, 0) is 30.5 Å². The molecule has 0 atom stereocenters. The van der Waals surface area contributed by atoms with Gasteiger partial charge in [0.05, 0.1) is 5.69 Å². The summed E-state index contributed by atoms with van der Waals surface area (Å²) in [6.07, 6.45) is 0. The SMILES string of the molecule is CNCc1n[nH]c(C)c1-c1ccc(C(C)(C)C)cc1. The lowest BCUT2D eigenvalue weighted by Gasteiger charge is -2.19. The van der Waals surface area contributed by atoms with Gasteiger partial charge in [-0.3, -0.25) is 5.10 Å². The summed E-state index contributed by atoms with van der Waals surface area (Å²) in [4.78, 5) is 0. The Bertz CT molecular complexity index is 544. The summed E-state index contributed by atoms with van der Waals surface area (Å²) in [5, 5.41) is 10.6. The molecule has 3 heteroatoms. The fourth-order valence-electron chi connectivity index (χ4n) is 2.29. The van der Waals surface area contributed by atoms with E-state index in [1.165, 1.54) is 16.7 Å². The monoisotopic (exact) mass is 257 g/mol. The highest BCUT2D eigenvalue weighted by Crippen LogP contribution is 2.29. The fraction of sp³-hybridized carbons (Fsp3) is 0.438. The molecule has 0 spiro atoms. The van der Waals surface area contributed by atoms with E-state index in [0.717, 1.165) is 17.9 Å². The van der Waals surface area contributed by atoms with Crippen LogP contribution in [0.3, 0.4) is 0 Å². The molecule has 102 valence electrons. The summed E-state index contributed by atoms with van der Waals surface area (Å²) in [5.74, 6) is 0. The Morgan fingerprint density at radius 2 is 1.79 bits per heavy atom. The van der Waals surface area contributed by atoms with Crippen molar-refractivity contribution in [1.82, 2.24) is 15.5 Å². The molecule has 2 rings (SSSR count). The molecule has 0 unspecified atom stereocenters. The van der Waals surface area contributed by atoms with Gasteiger partial charge in [0.15, 0.2) is 0 Å². The van der Waals surface area contributed by atoms with Gasteiger partial charge in [0.2, 0.25) is 0 Å². The molecule has 2 aromatic rings. The van der Waals surface area contributed by atoms with Gasteiger partial charge < -0.3 is 5.32 Å². The predicted molar refractivity (Wildman–Crippen MR) is 80.2 cm³/mol. The molecule has 0 aliphatic rings. The first-order valence-electron chi connectivity index (χ1n) is 6.73. The van der Waals surface area contributed by atoms with Crippen LogP contribution >= 0.6 is 0 Å². The number of nitrogens with zero attached hydrogens (tertiary/aromatic N) is 1. The molecule has 19 heavy (non-hydrogen) atoms. The lowest BCUT2D eigenvalue weighted by atomic mass is 9.86. The van der Waals surface area contributed by atoms with E-state index in [0.29, 0.717) is 0 Å². The van der Waals surface area contributed by atoms with Crippen molar-refractivity contribution in [3.05, 3.63) is 41.2 Å². The zero-order chi connectivity index (χ0) is 14.0. The van der Waals surface area contributed by atoms with E-state index < -0.39 is 0 Å². The molecule has 0 saturated heterocycles. The van der Waals surface area contributed by atoms with Gasteiger partial charge >= 0.3 is 0 Å². The average Bonchev–Trinajstić information content (AvgIpc) is 2.70. The molecule has 2 N–H and O–H groups in total. The van der Waals surface area contributed by atoms with Crippen molar-refractivity contribution in [3.8, 4) is 11.1 Å². The van der Waals surface area contributed by atoms with E-state index in [1.54, 1.807) is 0 Å². The van der Waals surface area contributed by atoms with Crippen LogP contribution in [0.5, 0.6) is 0 Å². The van der Waals surface area contributed by atoms with Gasteiger partial charge in [0.25, 0.3) is 0 Å². The van der Waals surface area contributed by atoms with Crippen molar-refractivity contribution in [1.29, 1.82) is 0 Å². The number of rotatable bonds is 3. The molecule has 0 bridgehead atoms. The number of nitrogens with one attached hydrogen (secondary N) is 2. The van der Waals surface area contributed by atoms with Gasteiger partial charge in [-0.15, -0.1) is 0 Å². The number of H-pyrrole nitrogens is 1. The van der Waals surface area contributed by atoms with Crippen molar-refractivity contribution in [3.63, 3.8) is 0 Å². The fourth-order valence-corrected chi connectivity index (χ4v) is 2.29. The predicted octanol–water partition coefficient (Wildman–Crippen LogP) is 3.40. The quantitative estimate of drug-likeness (QED) is 0.884. The highest BCUT2D eigenvalue weighted by atomic mass is 15.1. The second-order valence-corrected chi connectivity index (χ2v) is 6.03. The van der Waals surface area contributed by atoms with Crippen LogP contribution in [0.4, 0.5) is 0 Å². The first kappa shape index (κ1) is 13.8. The van der Waals surface area contributed by atoms with Gasteiger partial charge in [0.1, 0.15) is 0 Å². The van der Waals surface area contributed by atoms with Crippen molar-refractivity contribution in [2.45, 2.75) is 39.7 Å². The van der Waals surface area contributed by atoms with E-state index in [-0.39, 0.29) is 5.41 Å². The maximum absolute atomic E-state index is 4.37. The molecule has 1 heterocycles. The number of aryl methyl sites for hydroxylation is 1. The second-order valence-electron chi connectivity index (χ2n) is 6.03. The Balaban J connectivity index is 2.40. The summed E-state index contributed by atoms with van der Waals surface area (Å²) in [7, 11) is 1.94. The zero-order valence-electron chi connectivity index (χ0n) is 12.5. The maximum Gasteiger partial charge on any atom is 0.0840 e. The third-order valence-electron chi connectivity index (χ3n) is 3.41. The number of aromatic amines is 1. The van der Waals surface area contributed by atoms with E-state index in [4.69, 9.17) is 0 Å². The average molecular weight is 257 g/mol. The molecule has 0 amide bonds. The normalized spacial score (nSPS) is 11.8. The molecule has 0 saturated carbocycles. The van der Waals surface area contributed by atoms with Crippen LogP contribution in [0.1, 0.15) is 37.7 Å². The standard InChI is InChI=1S/C16H23N3/c1-11-15(14(10-17-5)19-18-11)12-6-8-13(9-7-12)16(2,3)4/h6-9,17H,10H2,1-5H3,(H,18,19). The Morgan fingerprint density at radius 1 is 1.16 bits per heavy atom. The molecule has 0 radical (unpaired) electrons. The minimum absolute atomic E-state index is 0.192. The van der Waals surface area contributed by atoms with Crippen LogP contribution < -0.4 is 5.32 Å². The third kappa shape index (κ3) is 2.87. The Hall–Kier alpha value is -1.61. The van der Waals surface area contributed by atoms with Crippen LogP contribution in [0.2, 0.25) is 0 Å². The highest BCUT2D eigenvalue weighted by molar-refractivity contribution is 5.68. The highest BCUT2D eigenvalue weighted by Gasteiger charge is 2.15. The van der Waals surface area contributed by atoms with E-state index in [9.17, 15) is 0 Å². The number of aromatic nitrogens is 2. The largest absolute Gasteiger partial charge is 0.314 e. The number of hydrogen-bond acceptors (Lipinski definition) is 2. The zero-order valence-corrected chi connectivity index (χ0v) is 12.5. The molecule has 1 aromatic carbocycles. The van der Waals surface area contributed by atoms with Crippen molar-refractivity contribution < 1.29 is 0 Å². The molecular formula is C16H23N3. The summed E-state index contributed by atoms with van der Waals surface area (Å²) in [6, 6.07) is 8.81. The molecule has 3 nitrogen and oxygen atoms in total. The van der Waals surface area contributed by atoms with Gasteiger partial charge in [-0.25, -0.2) is 0 Å². The third-order valence-corrected chi connectivity index (χ3v) is 3.41. The van der Waals surface area contributed by atoms with Crippen LogP contribution in [0.15, 0.2) is 24.3 Å². The first-order chi connectivity index (χ1) is 8.93. The van der Waals surface area contributed by atoms with Crippen LogP contribution in [-0.2, 0) is 12.0 Å². The van der Waals surface area contributed by atoms with Crippen molar-refractivity contribution >= 4 is 0 Å². The Labute approximate surface area is 115 Å². The van der Waals surface area contributed by atoms with Crippen LogP contribution in [0, 0.1) is 6.92 Å². The smallest absolute Gasteiger partial charge is 0.0840 e. The van der Waals surface area contributed by atoms with Gasteiger partial charge in [0, 0.05) is 17.8 Å². The van der Waals surface area contributed by atoms with E-state index in [1.807, 2.05) is 7.05 Å². The number of benzene rings is 1. The van der Waals surface area contributed by atoms with E-state index >= 15 is 0 Å². The second kappa shape index (κ2) is 5.17. The lowest BCUT2D eigenvalue weighted by molar-refractivity contribution is 0.590. The minimum Gasteiger partial charge on any atom is -0.314 e. The number of hydrogen-bond donors (Lipinski definition) is 2. The molecule has 0 fully saturated rings. The summed E-state index contributed by atoms with van der Waals surface area (Å²) in [5.41, 5.74) is 6.18. The van der Waals surface area contributed by atoms with Crippen molar-refractivity contribution in [2.24, 2.45) is 0 Å². The van der Waals surface area contributed by atoms with Crippen LogP contribution in [0.25, 0.3) is 11.1 Å². The lowest BCUT2D eigenvalue weighted by Crippen LogP contribution is -2.10. The molecule has 0 aliphatic carbocycles. The van der Waals surface area contributed by atoms with Crippen LogP contribution in [-0.4, -0.2) is 17.2 Å². The molecule has 1 aromatic heterocycles. The summed E-state index contributed by atoms with van der Waals surface area (Å²) < 4.78 is 0. The molecule has 0 aliphatic heterocycles. The Kier molecular flexibility index (Phi) is 3.76. The summed E-state index contributed by atoms with van der Waals surface area (Å²) >= 11 is 0.